The number of carbonyl (C=O) groups excluding carboxylic acids is 1. The van der Waals surface area contributed by atoms with Gasteiger partial charge < -0.3 is 15.9 Å². The van der Waals surface area contributed by atoms with Crippen LogP contribution in [0.5, 0.6) is 0 Å². The fraction of sp³-hybridized carbons (Fsp3) is 0.400. The van der Waals surface area contributed by atoms with E-state index in [-0.39, 0.29) is 29.4 Å². The summed E-state index contributed by atoms with van der Waals surface area (Å²) in [4.78, 5) is 33.5. The Kier molecular flexibility index (Phi) is 4.58. The van der Waals surface area contributed by atoms with Gasteiger partial charge in [0.15, 0.2) is 5.82 Å². The summed E-state index contributed by atoms with van der Waals surface area (Å²) in [6, 6.07) is 1.17. The molecule has 0 radical (unpaired) electrons. The highest BCUT2D eigenvalue weighted by molar-refractivity contribution is 8.01. The first kappa shape index (κ1) is 18.2. The largest absolute Gasteiger partial charge is 0.477 e. The van der Waals surface area contributed by atoms with E-state index in [1.807, 2.05) is 13.0 Å². The Morgan fingerprint density at radius 3 is 2.96 bits per heavy atom. The lowest BCUT2D eigenvalue weighted by atomic mass is 10.0. The second-order valence-corrected chi connectivity index (χ2v) is 8.22. The first-order chi connectivity index (χ1) is 12.9. The number of amides is 1. The molecule has 142 valence electrons. The Balaban J connectivity index is 1.64. The second kappa shape index (κ2) is 6.78. The number of β-lactam (4-membered cyclic amide) rings is 1. The molecular weight excluding hydrogens is 392 g/mol. The molecular formula is C15H16N6O4S2. The SMILES string of the molecule is Cc1cc(SCC2=C(C(=O)O)N3C(=O)C(N)[C@@H]3SC2)n2nc(CO)nc2n1. The van der Waals surface area contributed by atoms with Gasteiger partial charge in [0.05, 0.1) is 0 Å². The van der Waals surface area contributed by atoms with Gasteiger partial charge in [-0.2, -0.15) is 9.50 Å². The normalized spacial score (nSPS) is 22.2. The van der Waals surface area contributed by atoms with Gasteiger partial charge in [0.1, 0.15) is 28.7 Å². The fourth-order valence-corrected chi connectivity index (χ4v) is 5.50. The van der Waals surface area contributed by atoms with Crippen molar-refractivity contribution in [1.29, 1.82) is 0 Å². The molecule has 0 spiro atoms. The average molecular weight is 408 g/mol. The number of carboxylic acids is 1. The minimum Gasteiger partial charge on any atom is -0.477 e. The van der Waals surface area contributed by atoms with Gasteiger partial charge in [-0.25, -0.2) is 9.78 Å². The molecule has 10 nitrogen and oxygen atoms in total. The van der Waals surface area contributed by atoms with Crippen LogP contribution >= 0.6 is 23.5 Å². The van der Waals surface area contributed by atoms with E-state index in [2.05, 4.69) is 15.1 Å². The number of carbonyl (C=O) groups is 2. The third-order valence-corrected chi connectivity index (χ3v) is 6.72. The number of rotatable bonds is 5. The van der Waals surface area contributed by atoms with E-state index in [4.69, 9.17) is 5.73 Å². The molecule has 0 aliphatic carbocycles. The quantitative estimate of drug-likeness (QED) is 0.339. The van der Waals surface area contributed by atoms with Crippen LogP contribution in [0.25, 0.3) is 5.78 Å². The molecule has 4 N–H and O–H groups in total. The van der Waals surface area contributed by atoms with Gasteiger partial charge in [-0.05, 0) is 18.6 Å². The van der Waals surface area contributed by atoms with Crippen molar-refractivity contribution < 1.29 is 19.8 Å². The molecule has 0 aromatic carbocycles. The van der Waals surface area contributed by atoms with E-state index < -0.39 is 12.0 Å². The van der Waals surface area contributed by atoms with Gasteiger partial charge in [-0.3, -0.25) is 9.69 Å². The molecule has 1 saturated heterocycles. The van der Waals surface area contributed by atoms with Gasteiger partial charge in [0, 0.05) is 17.2 Å². The number of nitrogens with two attached hydrogens (primary N) is 1. The molecule has 1 amide bonds. The number of nitrogens with zero attached hydrogens (tertiary/aromatic N) is 5. The molecule has 4 heterocycles. The summed E-state index contributed by atoms with van der Waals surface area (Å²) < 4.78 is 1.52. The maximum absolute atomic E-state index is 12.0. The topological polar surface area (TPSA) is 147 Å². The van der Waals surface area contributed by atoms with Crippen LogP contribution in [-0.4, -0.2) is 69.5 Å². The molecule has 0 saturated carbocycles. The number of aromatic nitrogens is 4. The van der Waals surface area contributed by atoms with Gasteiger partial charge in [-0.15, -0.1) is 28.6 Å². The van der Waals surface area contributed by atoms with Crippen molar-refractivity contribution in [2.75, 3.05) is 11.5 Å². The van der Waals surface area contributed by atoms with Crippen LogP contribution in [0.4, 0.5) is 0 Å². The number of aryl methyl sites for hydroxylation is 1. The predicted octanol–water partition coefficient (Wildman–Crippen LogP) is -0.402. The van der Waals surface area contributed by atoms with Crippen LogP contribution in [0.2, 0.25) is 0 Å². The molecule has 2 atom stereocenters. The van der Waals surface area contributed by atoms with E-state index in [1.165, 1.54) is 32.9 Å². The van der Waals surface area contributed by atoms with E-state index in [0.717, 1.165) is 10.7 Å². The minimum absolute atomic E-state index is 0.0228. The highest BCUT2D eigenvalue weighted by atomic mass is 32.2. The molecule has 27 heavy (non-hydrogen) atoms. The Morgan fingerprint density at radius 2 is 2.26 bits per heavy atom. The van der Waals surface area contributed by atoms with Crippen LogP contribution in [0.1, 0.15) is 11.5 Å². The summed E-state index contributed by atoms with van der Waals surface area (Å²) in [5.74, 6) is -0.00236. The number of fused-ring (bicyclic) bond motifs is 2. The highest BCUT2D eigenvalue weighted by Gasteiger charge is 2.51. The smallest absolute Gasteiger partial charge is 0.352 e. The number of aliphatic hydroxyl groups is 1. The maximum atomic E-state index is 12.0. The first-order valence-corrected chi connectivity index (χ1v) is 10.1. The number of aliphatic carboxylic acids is 1. The standard InChI is InChI=1S/C15H16N6O4S2/c1-6-2-9(21-15(17-6)18-8(3-22)19-21)26-4-7-5-27-13-10(16)12(23)20(13)11(7)14(24)25/h2,10,13,22H,3-5,16H2,1H3,(H,24,25)/t10?,13-/m0/s1. The summed E-state index contributed by atoms with van der Waals surface area (Å²) in [6.45, 7) is 1.52. The molecule has 1 unspecified atom stereocenters. The molecule has 4 rings (SSSR count). The summed E-state index contributed by atoms with van der Waals surface area (Å²) >= 11 is 2.85. The van der Waals surface area contributed by atoms with Crippen LogP contribution in [0.3, 0.4) is 0 Å². The molecule has 12 heteroatoms. The Labute approximate surface area is 161 Å². The van der Waals surface area contributed by atoms with Crippen molar-refractivity contribution in [1.82, 2.24) is 24.5 Å². The van der Waals surface area contributed by atoms with Crippen LogP contribution < -0.4 is 5.73 Å². The van der Waals surface area contributed by atoms with Gasteiger partial charge in [0.25, 0.3) is 5.78 Å². The molecule has 2 aliphatic rings. The van der Waals surface area contributed by atoms with Crippen molar-refractivity contribution in [2.24, 2.45) is 5.73 Å². The van der Waals surface area contributed by atoms with Crippen LogP contribution in [0.15, 0.2) is 22.4 Å². The van der Waals surface area contributed by atoms with Gasteiger partial charge in [0.2, 0.25) is 5.91 Å². The maximum Gasteiger partial charge on any atom is 0.352 e. The number of thioether (sulfide) groups is 2. The zero-order chi connectivity index (χ0) is 19.3. The highest BCUT2D eigenvalue weighted by Crippen LogP contribution is 2.40. The molecule has 2 aromatic rings. The molecule has 2 aliphatic heterocycles. The Morgan fingerprint density at radius 1 is 1.48 bits per heavy atom. The third kappa shape index (κ3) is 2.98. The van der Waals surface area contributed by atoms with Crippen molar-refractivity contribution in [3.05, 3.63) is 28.9 Å². The fourth-order valence-electron chi connectivity index (χ4n) is 3.02. The Bertz CT molecular complexity index is 990. The van der Waals surface area contributed by atoms with E-state index >= 15 is 0 Å². The first-order valence-electron chi connectivity index (χ1n) is 8.03. The summed E-state index contributed by atoms with van der Waals surface area (Å²) in [7, 11) is 0. The van der Waals surface area contributed by atoms with Crippen molar-refractivity contribution >= 4 is 41.2 Å². The number of aliphatic hydroxyl groups excluding tert-OH is 1. The summed E-state index contributed by atoms with van der Waals surface area (Å²) in [5, 5.41) is 23.5. The second-order valence-electron chi connectivity index (χ2n) is 6.12. The summed E-state index contributed by atoms with van der Waals surface area (Å²) in [5.41, 5.74) is 7.17. The predicted molar refractivity (Wildman–Crippen MR) is 97.9 cm³/mol. The number of carboxylic acid groups (broad SMARTS) is 1. The van der Waals surface area contributed by atoms with Crippen LogP contribution in [0, 0.1) is 6.92 Å². The van der Waals surface area contributed by atoms with Gasteiger partial charge in [-0.1, -0.05) is 0 Å². The molecule has 0 bridgehead atoms. The van der Waals surface area contributed by atoms with E-state index in [0.29, 0.717) is 22.9 Å². The lowest BCUT2D eigenvalue weighted by Crippen LogP contribution is -2.68. The lowest BCUT2D eigenvalue weighted by Gasteiger charge is -2.48. The summed E-state index contributed by atoms with van der Waals surface area (Å²) in [6.07, 6.45) is 0. The zero-order valence-electron chi connectivity index (χ0n) is 14.2. The number of hydrogen-bond donors (Lipinski definition) is 3. The van der Waals surface area contributed by atoms with Crippen LogP contribution in [-0.2, 0) is 16.2 Å². The molecule has 1 fully saturated rings. The average Bonchev–Trinajstić information content (AvgIpc) is 3.07. The van der Waals surface area contributed by atoms with Crippen molar-refractivity contribution in [3.8, 4) is 0 Å². The van der Waals surface area contributed by atoms with Crippen molar-refractivity contribution in [2.45, 2.75) is 30.0 Å². The van der Waals surface area contributed by atoms with E-state index in [9.17, 15) is 19.8 Å². The molecule has 2 aromatic heterocycles. The van der Waals surface area contributed by atoms with Crippen molar-refractivity contribution in [3.63, 3.8) is 0 Å². The third-order valence-electron chi connectivity index (χ3n) is 4.28. The Hall–Kier alpha value is -2.15. The lowest BCUT2D eigenvalue weighted by molar-refractivity contribution is -0.147. The minimum atomic E-state index is -1.13. The monoisotopic (exact) mass is 408 g/mol. The zero-order valence-corrected chi connectivity index (χ0v) is 15.8. The van der Waals surface area contributed by atoms with E-state index in [1.54, 1.807) is 0 Å². The number of hydrogen-bond acceptors (Lipinski definition) is 9. The van der Waals surface area contributed by atoms with Gasteiger partial charge >= 0.3 is 5.97 Å².